The van der Waals surface area contributed by atoms with Crippen molar-refractivity contribution in [3.05, 3.63) is 28.7 Å². The largest absolute Gasteiger partial charge is 0.480 e. The van der Waals surface area contributed by atoms with Gasteiger partial charge in [-0.05, 0) is 31.2 Å². The molecule has 1 aliphatic rings. The van der Waals surface area contributed by atoms with Gasteiger partial charge >= 0.3 is 5.97 Å². The predicted molar refractivity (Wildman–Crippen MR) is 78.3 cm³/mol. The molecule has 1 fully saturated rings. The van der Waals surface area contributed by atoms with Crippen molar-refractivity contribution in [2.75, 3.05) is 18.0 Å². The number of piperidine rings is 1. The van der Waals surface area contributed by atoms with Crippen molar-refractivity contribution in [3.8, 4) is 0 Å². The number of hydrogen-bond acceptors (Lipinski definition) is 3. The molecule has 0 radical (unpaired) electrons. The number of pyridine rings is 1. The van der Waals surface area contributed by atoms with E-state index >= 15 is 0 Å². The molecule has 1 aromatic heterocycles. The quantitative estimate of drug-likeness (QED) is 0.916. The third kappa shape index (κ3) is 3.03. The molecule has 0 bridgehead atoms. The summed E-state index contributed by atoms with van der Waals surface area (Å²) < 4.78 is 1.34. The number of anilines is 1. The molecule has 20 heavy (non-hydrogen) atoms. The lowest BCUT2D eigenvalue weighted by Crippen LogP contribution is -2.35. The average molecular weight is 278 g/mol. The number of rotatable bonds is 4. The molecule has 0 amide bonds. The van der Waals surface area contributed by atoms with E-state index in [4.69, 9.17) is 0 Å². The molecule has 110 valence electrons. The maximum atomic E-state index is 11.9. The van der Waals surface area contributed by atoms with Crippen molar-refractivity contribution in [2.45, 2.75) is 39.2 Å². The number of carboxylic acids is 1. The molecule has 0 aromatic carbocycles. The zero-order chi connectivity index (χ0) is 14.7. The molecule has 1 saturated heterocycles. The van der Waals surface area contributed by atoms with Crippen LogP contribution in [0.1, 0.15) is 39.2 Å². The predicted octanol–water partition coefficient (Wildman–Crippen LogP) is 2.12. The Bertz CT molecular complexity index is 530. The summed E-state index contributed by atoms with van der Waals surface area (Å²) >= 11 is 0. The Balaban J connectivity index is 2.28. The van der Waals surface area contributed by atoms with Gasteiger partial charge in [0, 0.05) is 25.4 Å². The van der Waals surface area contributed by atoms with Crippen molar-refractivity contribution < 1.29 is 9.90 Å². The van der Waals surface area contributed by atoms with Crippen LogP contribution in [0.5, 0.6) is 0 Å². The van der Waals surface area contributed by atoms with Gasteiger partial charge in [-0.15, -0.1) is 0 Å². The van der Waals surface area contributed by atoms with Crippen molar-refractivity contribution >= 4 is 11.7 Å². The van der Waals surface area contributed by atoms with Crippen LogP contribution in [-0.4, -0.2) is 28.7 Å². The van der Waals surface area contributed by atoms with Crippen LogP contribution in [0, 0.1) is 5.92 Å². The van der Waals surface area contributed by atoms with Gasteiger partial charge in [-0.25, -0.2) is 4.79 Å². The SMILES string of the molecule is CCC(C(=O)O)n1cc(N2CCC(C)CC2)ccc1=O. The highest BCUT2D eigenvalue weighted by molar-refractivity contribution is 5.72. The maximum Gasteiger partial charge on any atom is 0.326 e. The topological polar surface area (TPSA) is 62.5 Å². The summed E-state index contributed by atoms with van der Waals surface area (Å²) in [5.41, 5.74) is 0.685. The second-order valence-corrected chi connectivity index (χ2v) is 5.56. The third-order valence-electron chi connectivity index (χ3n) is 4.08. The molecule has 0 saturated carbocycles. The summed E-state index contributed by atoms with van der Waals surface area (Å²) in [6.07, 6.45) is 4.36. The molecule has 1 N–H and O–H groups in total. The van der Waals surface area contributed by atoms with E-state index in [0.29, 0.717) is 6.42 Å². The van der Waals surface area contributed by atoms with Gasteiger partial charge in [-0.2, -0.15) is 0 Å². The van der Waals surface area contributed by atoms with Crippen molar-refractivity contribution in [1.29, 1.82) is 0 Å². The summed E-state index contributed by atoms with van der Waals surface area (Å²) in [6, 6.07) is 2.48. The van der Waals surface area contributed by atoms with Gasteiger partial charge in [-0.3, -0.25) is 9.36 Å². The molecular formula is C15H22N2O3. The molecule has 1 aliphatic heterocycles. The van der Waals surface area contributed by atoms with Crippen LogP contribution in [-0.2, 0) is 4.79 Å². The Morgan fingerprint density at radius 2 is 2.05 bits per heavy atom. The molecule has 2 heterocycles. The zero-order valence-corrected chi connectivity index (χ0v) is 12.1. The van der Waals surface area contributed by atoms with Crippen LogP contribution in [0.25, 0.3) is 0 Å². The Morgan fingerprint density at radius 3 is 2.60 bits per heavy atom. The van der Waals surface area contributed by atoms with Gasteiger partial charge in [0.25, 0.3) is 5.56 Å². The highest BCUT2D eigenvalue weighted by atomic mass is 16.4. The number of aliphatic carboxylic acids is 1. The first kappa shape index (κ1) is 14.6. The molecule has 1 unspecified atom stereocenters. The molecule has 0 aliphatic carbocycles. The van der Waals surface area contributed by atoms with Gasteiger partial charge in [0.05, 0.1) is 5.69 Å². The number of carbonyl (C=O) groups is 1. The van der Waals surface area contributed by atoms with Crippen LogP contribution >= 0.6 is 0 Å². The van der Waals surface area contributed by atoms with Gasteiger partial charge in [0.2, 0.25) is 0 Å². The minimum Gasteiger partial charge on any atom is -0.480 e. The van der Waals surface area contributed by atoms with Gasteiger partial charge in [0.15, 0.2) is 0 Å². The number of nitrogens with zero attached hydrogens (tertiary/aromatic N) is 2. The van der Waals surface area contributed by atoms with E-state index < -0.39 is 12.0 Å². The minimum absolute atomic E-state index is 0.256. The third-order valence-corrected chi connectivity index (χ3v) is 4.08. The summed E-state index contributed by atoms with van der Waals surface area (Å²) in [6.45, 7) is 5.95. The first-order valence-corrected chi connectivity index (χ1v) is 7.23. The van der Waals surface area contributed by atoms with Crippen LogP contribution in [0.4, 0.5) is 5.69 Å². The van der Waals surface area contributed by atoms with Gasteiger partial charge < -0.3 is 10.0 Å². The van der Waals surface area contributed by atoms with E-state index in [1.54, 1.807) is 19.2 Å². The molecular weight excluding hydrogens is 256 g/mol. The summed E-state index contributed by atoms with van der Waals surface area (Å²) in [5, 5.41) is 9.21. The fourth-order valence-corrected chi connectivity index (χ4v) is 2.68. The van der Waals surface area contributed by atoms with Crippen molar-refractivity contribution in [1.82, 2.24) is 4.57 Å². The zero-order valence-electron chi connectivity index (χ0n) is 12.1. The van der Waals surface area contributed by atoms with E-state index in [9.17, 15) is 14.7 Å². The molecule has 0 spiro atoms. The number of carboxylic acid groups (broad SMARTS) is 1. The van der Waals surface area contributed by atoms with Crippen LogP contribution < -0.4 is 10.5 Å². The molecule has 5 nitrogen and oxygen atoms in total. The summed E-state index contributed by atoms with van der Waals surface area (Å²) in [5.74, 6) is -0.224. The van der Waals surface area contributed by atoms with Crippen LogP contribution in [0.2, 0.25) is 0 Å². The second kappa shape index (κ2) is 6.11. The monoisotopic (exact) mass is 278 g/mol. The molecule has 5 heteroatoms. The molecule has 1 aromatic rings. The van der Waals surface area contributed by atoms with E-state index in [2.05, 4.69) is 11.8 Å². The molecule has 2 rings (SSSR count). The standard InChI is InChI=1S/C15H22N2O3/c1-3-13(15(19)20)17-10-12(4-5-14(17)18)16-8-6-11(2)7-9-16/h4-5,10-11,13H,3,6-9H2,1-2H3,(H,19,20). The van der Waals surface area contributed by atoms with Crippen LogP contribution in [0.15, 0.2) is 23.1 Å². The normalized spacial score (nSPS) is 18.0. The lowest BCUT2D eigenvalue weighted by molar-refractivity contribution is -0.141. The summed E-state index contributed by atoms with van der Waals surface area (Å²) in [7, 11) is 0. The number of aromatic nitrogens is 1. The highest BCUT2D eigenvalue weighted by Crippen LogP contribution is 2.23. The maximum absolute atomic E-state index is 11.9. The van der Waals surface area contributed by atoms with E-state index in [0.717, 1.165) is 37.5 Å². The lowest BCUT2D eigenvalue weighted by Gasteiger charge is -2.32. The Labute approximate surface area is 118 Å². The fourth-order valence-electron chi connectivity index (χ4n) is 2.68. The minimum atomic E-state index is -0.959. The molecule has 1 atom stereocenters. The van der Waals surface area contributed by atoms with E-state index in [-0.39, 0.29) is 5.56 Å². The van der Waals surface area contributed by atoms with E-state index in [1.807, 2.05) is 0 Å². The van der Waals surface area contributed by atoms with Crippen molar-refractivity contribution in [3.63, 3.8) is 0 Å². The first-order chi connectivity index (χ1) is 9.52. The lowest BCUT2D eigenvalue weighted by atomic mass is 9.99. The van der Waals surface area contributed by atoms with E-state index in [1.165, 1.54) is 10.6 Å². The van der Waals surface area contributed by atoms with Crippen molar-refractivity contribution in [2.24, 2.45) is 5.92 Å². The fraction of sp³-hybridized carbons (Fsp3) is 0.600. The summed E-state index contributed by atoms with van der Waals surface area (Å²) in [4.78, 5) is 25.4. The van der Waals surface area contributed by atoms with Gasteiger partial charge in [-0.1, -0.05) is 13.8 Å². The van der Waals surface area contributed by atoms with Crippen LogP contribution in [0.3, 0.4) is 0 Å². The first-order valence-electron chi connectivity index (χ1n) is 7.23. The smallest absolute Gasteiger partial charge is 0.326 e. The Hall–Kier alpha value is -1.78. The van der Waals surface area contributed by atoms with Gasteiger partial charge in [0.1, 0.15) is 6.04 Å². The Kier molecular flexibility index (Phi) is 4.47. The Morgan fingerprint density at radius 1 is 1.40 bits per heavy atom. The second-order valence-electron chi connectivity index (χ2n) is 5.56. The average Bonchev–Trinajstić information content (AvgIpc) is 2.42. The highest BCUT2D eigenvalue weighted by Gasteiger charge is 2.21. The number of hydrogen-bond donors (Lipinski definition) is 1.